The van der Waals surface area contributed by atoms with E-state index in [0.29, 0.717) is 5.92 Å². The third kappa shape index (κ3) is 5.96. The molecular formula is C28H36N6O. The number of hydrogen-bond donors (Lipinski definition) is 0. The fraction of sp³-hybridized carbons (Fsp3) is 0.500. The maximum absolute atomic E-state index is 12.3. The molecule has 2 saturated heterocycles. The molecule has 3 aromatic rings. The number of nitrogens with zero attached hydrogens (tertiary/aromatic N) is 6. The Kier molecular flexibility index (Phi) is 7.23. The molecule has 35 heavy (non-hydrogen) atoms. The van der Waals surface area contributed by atoms with Crippen LogP contribution in [-0.4, -0.2) is 69.9 Å². The van der Waals surface area contributed by atoms with Gasteiger partial charge in [0, 0.05) is 82.3 Å². The molecule has 0 saturated carbocycles. The average molecular weight is 473 g/mol. The standard InChI is InChI=1S/C28H36N6O/c1-21-7-9-33(10-8-21)28-30-16-25(17-31-28)19-32-11-12-34(22(2)35)20-24(18-32)13-23-14-26-5-3-4-6-27(26)29-15-23/h3-6,14-17,21,24H,7-13,18-20H2,1-2H3. The van der Waals surface area contributed by atoms with Crippen molar-refractivity contribution in [2.45, 2.75) is 39.7 Å². The maximum Gasteiger partial charge on any atom is 0.225 e. The van der Waals surface area contributed by atoms with Gasteiger partial charge in [0.05, 0.1) is 5.52 Å². The Morgan fingerprint density at radius 3 is 2.46 bits per heavy atom. The summed E-state index contributed by atoms with van der Waals surface area (Å²) in [5.74, 6) is 2.14. The molecule has 1 aromatic carbocycles. The Morgan fingerprint density at radius 1 is 0.943 bits per heavy atom. The van der Waals surface area contributed by atoms with Crippen LogP contribution in [0, 0.1) is 11.8 Å². The monoisotopic (exact) mass is 472 g/mol. The van der Waals surface area contributed by atoms with Crippen molar-refractivity contribution in [2.75, 3.05) is 44.2 Å². The van der Waals surface area contributed by atoms with Crippen LogP contribution in [0.25, 0.3) is 10.9 Å². The normalized spacial score (nSPS) is 20.2. The number of para-hydroxylation sites is 1. The second-order valence-corrected chi connectivity index (χ2v) is 10.4. The van der Waals surface area contributed by atoms with Gasteiger partial charge in [0.2, 0.25) is 11.9 Å². The summed E-state index contributed by atoms with van der Waals surface area (Å²) in [7, 11) is 0. The minimum Gasteiger partial charge on any atom is -0.341 e. The molecule has 0 aliphatic carbocycles. The van der Waals surface area contributed by atoms with Gasteiger partial charge in [0.15, 0.2) is 0 Å². The van der Waals surface area contributed by atoms with E-state index in [2.05, 4.69) is 39.9 Å². The Hall–Kier alpha value is -3.06. The van der Waals surface area contributed by atoms with Crippen LogP contribution >= 0.6 is 0 Å². The number of aromatic nitrogens is 3. The zero-order valence-electron chi connectivity index (χ0n) is 20.9. The summed E-state index contributed by atoms with van der Waals surface area (Å²) in [4.78, 5) is 33.0. The minimum atomic E-state index is 0.150. The van der Waals surface area contributed by atoms with Crippen LogP contribution in [0.2, 0.25) is 0 Å². The van der Waals surface area contributed by atoms with Gasteiger partial charge in [0.25, 0.3) is 0 Å². The molecule has 5 rings (SSSR count). The molecule has 2 aliphatic rings. The number of anilines is 1. The van der Waals surface area contributed by atoms with E-state index in [9.17, 15) is 4.79 Å². The number of benzene rings is 1. The fourth-order valence-electron chi connectivity index (χ4n) is 5.36. The first-order valence-electron chi connectivity index (χ1n) is 12.9. The highest BCUT2D eigenvalue weighted by Gasteiger charge is 2.25. The summed E-state index contributed by atoms with van der Waals surface area (Å²) in [6, 6.07) is 10.5. The van der Waals surface area contributed by atoms with Crippen molar-refractivity contribution in [2.24, 2.45) is 11.8 Å². The van der Waals surface area contributed by atoms with Crippen molar-refractivity contribution in [1.29, 1.82) is 0 Å². The van der Waals surface area contributed by atoms with E-state index >= 15 is 0 Å². The summed E-state index contributed by atoms with van der Waals surface area (Å²) in [5, 5.41) is 1.17. The molecule has 7 nitrogen and oxygen atoms in total. The molecule has 0 radical (unpaired) electrons. The Balaban J connectivity index is 1.26. The lowest BCUT2D eigenvalue weighted by Crippen LogP contribution is -2.34. The summed E-state index contributed by atoms with van der Waals surface area (Å²) in [6.07, 6.45) is 9.27. The van der Waals surface area contributed by atoms with Gasteiger partial charge in [-0.15, -0.1) is 0 Å². The number of carbonyl (C=O) groups excluding carboxylic acids is 1. The molecule has 1 unspecified atom stereocenters. The summed E-state index contributed by atoms with van der Waals surface area (Å²) < 4.78 is 0. The highest BCUT2D eigenvalue weighted by Crippen LogP contribution is 2.22. The van der Waals surface area contributed by atoms with Crippen LogP contribution in [0.4, 0.5) is 5.95 Å². The molecule has 1 atom stereocenters. The van der Waals surface area contributed by atoms with E-state index in [1.165, 1.54) is 23.8 Å². The van der Waals surface area contributed by atoms with Crippen molar-refractivity contribution in [1.82, 2.24) is 24.8 Å². The summed E-state index contributed by atoms with van der Waals surface area (Å²) in [6.45, 7) is 10.2. The molecule has 1 amide bonds. The SMILES string of the molecule is CC(=O)N1CCN(Cc2cnc(N3CCC(C)CC3)nc2)CC(Cc2cnc3ccccc3c2)C1. The van der Waals surface area contributed by atoms with E-state index in [1.807, 2.05) is 35.6 Å². The van der Waals surface area contributed by atoms with E-state index in [1.54, 1.807) is 6.92 Å². The van der Waals surface area contributed by atoms with Gasteiger partial charge in [-0.2, -0.15) is 0 Å². The van der Waals surface area contributed by atoms with Crippen LogP contribution in [0.15, 0.2) is 48.9 Å². The predicted octanol–water partition coefficient (Wildman–Crippen LogP) is 3.78. The van der Waals surface area contributed by atoms with Crippen molar-refractivity contribution >= 4 is 22.8 Å². The molecular weight excluding hydrogens is 436 g/mol. The molecule has 0 N–H and O–H groups in total. The second kappa shape index (κ2) is 10.7. The first-order chi connectivity index (χ1) is 17.0. The van der Waals surface area contributed by atoms with Gasteiger partial charge in [-0.05, 0) is 48.8 Å². The van der Waals surface area contributed by atoms with E-state index in [-0.39, 0.29) is 5.91 Å². The number of fused-ring (bicyclic) bond motifs is 1. The van der Waals surface area contributed by atoms with Gasteiger partial charge in [-0.1, -0.05) is 25.1 Å². The van der Waals surface area contributed by atoms with E-state index in [0.717, 1.165) is 75.2 Å². The third-order valence-electron chi connectivity index (χ3n) is 7.46. The van der Waals surface area contributed by atoms with Gasteiger partial charge >= 0.3 is 0 Å². The Bertz CT molecular complexity index is 1140. The molecule has 184 valence electrons. The summed E-state index contributed by atoms with van der Waals surface area (Å²) >= 11 is 0. The van der Waals surface area contributed by atoms with Crippen molar-refractivity contribution in [3.63, 3.8) is 0 Å². The lowest BCUT2D eigenvalue weighted by atomic mass is 9.98. The number of carbonyl (C=O) groups is 1. The lowest BCUT2D eigenvalue weighted by Gasteiger charge is -2.30. The Morgan fingerprint density at radius 2 is 1.69 bits per heavy atom. The lowest BCUT2D eigenvalue weighted by molar-refractivity contribution is -0.129. The quantitative estimate of drug-likeness (QED) is 0.563. The number of piperidine rings is 1. The zero-order valence-corrected chi connectivity index (χ0v) is 20.9. The molecule has 0 spiro atoms. The highest BCUT2D eigenvalue weighted by atomic mass is 16.2. The highest BCUT2D eigenvalue weighted by molar-refractivity contribution is 5.78. The number of hydrogen-bond acceptors (Lipinski definition) is 6. The second-order valence-electron chi connectivity index (χ2n) is 10.4. The van der Waals surface area contributed by atoms with Crippen molar-refractivity contribution in [3.8, 4) is 0 Å². The van der Waals surface area contributed by atoms with Crippen LogP contribution in [-0.2, 0) is 17.8 Å². The van der Waals surface area contributed by atoms with Crippen LogP contribution < -0.4 is 4.90 Å². The van der Waals surface area contributed by atoms with E-state index < -0.39 is 0 Å². The smallest absolute Gasteiger partial charge is 0.225 e. The first-order valence-corrected chi connectivity index (χ1v) is 12.9. The number of rotatable bonds is 5. The zero-order chi connectivity index (χ0) is 24.2. The van der Waals surface area contributed by atoms with Crippen LogP contribution in [0.3, 0.4) is 0 Å². The Labute approximate surface area is 208 Å². The van der Waals surface area contributed by atoms with Crippen molar-refractivity contribution < 1.29 is 4.79 Å². The van der Waals surface area contributed by atoms with Crippen LogP contribution in [0.1, 0.15) is 37.8 Å². The van der Waals surface area contributed by atoms with Crippen LogP contribution in [0.5, 0.6) is 0 Å². The molecule has 7 heteroatoms. The van der Waals surface area contributed by atoms with Gasteiger partial charge in [-0.3, -0.25) is 14.7 Å². The molecule has 4 heterocycles. The molecule has 2 aliphatic heterocycles. The maximum atomic E-state index is 12.3. The number of amides is 1. The summed E-state index contributed by atoms with van der Waals surface area (Å²) in [5.41, 5.74) is 3.37. The van der Waals surface area contributed by atoms with Gasteiger partial charge < -0.3 is 9.80 Å². The molecule has 0 bridgehead atoms. The third-order valence-corrected chi connectivity index (χ3v) is 7.46. The van der Waals surface area contributed by atoms with Gasteiger partial charge in [-0.25, -0.2) is 9.97 Å². The predicted molar refractivity (Wildman–Crippen MR) is 139 cm³/mol. The minimum absolute atomic E-state index is 0.150. The largest absolute Gasteiger partial charge is 0.341 e. The fourth-order valence-corrected chi connectivity index (χ4v) is 5.36. The number of pyridine rings is 1. The van der Waals surface area contributed by atoms with Crippen molar-refractivity contribution in [3.05, 3.63) is 60.0 Å². The molecule has 2 aromatic heterocycles. The van der Waals surface area contributed by atoms with Gasteiger partial charge in [0.1, 0.15) is 0 Å². The average Bonchev–Trinajstić information content (AvgIpc) is 3.07. The molecule has 2 fully saturated rings. The first kappa shape index (κ1) is 23.7. The van der Waals surface area contributed by atoms with E-state index in [4.69, 9.17) is 9.97 Å². The topological polar surface area (TPSA) is 65.5 Å².